The molecule has 2 aromatic rings. The monoisotopic (exact) mass is 326 g/mol. The fourth-order valence-electron chi connectivity index (χ4n) is 1.49. The minimum atomic E-state index is -1.18. The number of hydrogen-bond acceptors (Lipinski definition) is 4. The largest absolute Gasteiger partial charge is 1.00 e. The van der Waals surface area contributed by atoms with Crippen LogP contribution < -0.4 is 10.8 Å². The van der Waals surface area contributed by atoms with Gasteiger partial charge in [0.1, 0.15) is 0 Å². The van der Waals surface area contributed by atoms with Crippen molar-refractivity contribution in [2.75, 3.05) is 0 Å². The van der Waals surface area contributed by atoms with Crippen molar-refractivity contribution in [2.24, 2.45) is 5.73 Å². The summed E-state index contributed by atoms with van der Waals surface area (Å²) in [5, 5.41) is 19.7. The number of carboxylic acids is 1. The van der Waals surface area contributed by atoms with E-state index in [0.717, 1.165) is 0 Å². The number of primary amides is 1. The van der Waals surface area contributed by atoms with Crippen molar-refractivity contribution in [3.05, 3.63) is 23.3 Å². The molecule has 0 bridgehead atoms. The van der Waals surface area contributed by atoms with Gasteiger partial charge in [-0.15, -0.1) is 0 Å². The van der Waals surface area contributed by atoms with Gasteiger partial charge < -0.3 is 21.0 Å². The second-order valence-corrected chi connectivity index (χ2v) is 3.21. The van der Waals surface area contributed by atoms with Crippen molar-refractivity contribution in [1.82, 2.24) is 15.4 Å². The Balaban J connectivity index is 0.00000144. The van der Waals surface area contributed by atoms with Crippen LogP contribution in [0.25, 0.3) is 11.0 Å². The zero-order valence-electron chi connectivity index (χ0n) is 8.35. The molecule has 0 atom stereocenters. The molecule has 1 heterocycles. The van der Waals surface area contributed by atoms with E-state index in [1.807, 2.05) is 0 Å². The van der Waals surface area contributed by atoms with Gasteiger partial charge in [-0.1, -0.05) is 12.1 Å². The van der Waals surface area contributed by atoms with Crippen LogP contribution in [-0.4, -0.2) is 27.3 Å². The molecule has 0 aliphatic heterocycles. The number of nitrogens with two attached hydrogens (primary N) is 1. The first kappa shape index (κ1) is 13.4. The number of rotatable bonds is 3. The van der Waals surface area contributed by atoms with Crippen molar-refractivity contribution in [3.8, 4) is 0 Å². The van der Waals surface area contributed by atoms with Crippen LogP contribution in [0.4, 0.5) is 0 Å². The van der Waals surface area contributed by atoms with Crippen LogP contribution >= 0.6 is 0 Å². The molecule has 3 N–H and O–H groups in total. The quantitative estimate of drug-likeness (QED) is 0.720. The summed E-state index contributed by atoms with van der Waals surface area (Å²) in [5.74, 6) is -1.78. The van der Waals surface area contributed by atoms with E-state index in [9.17, 15) is 9.59 Å². The average Bonchev–Trinajstić information content (AvgIpc) is 2.63. The Kier molecular flexibility index (Phi) is 4.00. The van der Waals surface area contributed by atoms with Crippen LogP contribution in [0.1, 0.15) is 15.9 Å². The summed E-state index contributed by atoms with van der Waals surface area (Å²) in [6.45, 7) is 0. The van der Waals surface area contributed by atoms with Gasteiger partial charge in [-0.2, -0.15) is 0 Å². The third kappa shape index (κ3) is 2.52. The second-order valence-electron chi connectivity index (χ2n) is 3.21. The molecule has 1 amide bonds. The van der Waals surface area contributed by atoms with Gasteiger partial charge >= 0.3 is 28.3 Å². The molecular weight excluding hydrogens is 320 g/mol. The number of fused-ring (bicyclic) bond motifs is 1. The summed E-state index contributed by atoms with van der Waals surface area (Å²) in [7, 11) is 0. The molecule has 7 nitrogen and oxygen atoms in total. The number of carboxylic acid groups (broad SMARTS) is 1. The van der Waals surface area contributed by atoms with E-state index in [1.54, 1.807) is 6.07 Å². The zero-order chi connectivity index (χ0) is 11.7. The van der Waals surface area contributed by atoms with Crippen molar-refractivity contribution in [1.29, 1.82) is 0 Å². The molecule has 1 aromatic heterocycles. The number of amides is 1. The fourth-order valence-corrected chi connectivity index (χ4v) is 1.49. The van der Waals surface area contributed by atoms with Crippen LogP contribution in [0.2, 0.25) is 0 Å². The molecule has 0 saturated heterocycles. The van der Waals surface area contributed by atoms with Crippen LogP contribution in [-0.2, 0) is 33.6 Å². The predicted molar refractivity (Wildman–Crippen MR) is 52.7 cm³/mol. The molecule has 1 aromatic carbocycles. The van der Waals surface area contributed by atoms with Gasteiger partial charge in [-0.05, 0) is 16.6 Å². The molecule has 0 aliphatic carbocycles. The van der Waals surface area contributed by atoms with Crippen molar-refractivity contribution in [3.63, 3.8) is 0 Å². The standard InChI is InChI=1S/C9H8N4O3.Ag/c10-6(14)3-4-1-2-5-8(12-13-11-5)7(4)9(15)16;/h1-2H,3H2,(H4,10,11,12,13,14,15,16);/q;+1/p-1. The maximum absolute atomic E-state index is 11.1. The molecule has 0 spiro atoms. The van der Waals surface area contributed by atoms with Crippen LogP contribution in [0.15, 0.2) is 12.1 Å². The van der Waals surface area contributed by atoms with E-state index >= 15 is 0 Å². The maximum atomic E-state index is 11.1. The van der Waals surface area contributed by atoms with Crippen LogP contribution in [0.5, 0.6) is 0 Å². The molecule has 0 aliphatic rings. The average molecular weight is 327 g/mol. The molecular formula is C9H7AgN4O3. The van der Waals surface area contributed by atoms with Crippen LogP contribution in [0, 0.1) is 0 Å². The number of aromatic carboxylic acids is 1. The Morgan fingerprint density at radius 1 is 1.41 bits per heavy atom. The van der Waals surface area contributed by atoms with Gasteiger partial charge in [0, 0.05) is 0 Å². The van der Waals surface area contributed by atoms with E-state index < -0.39 is 11.9 Å². The Morgan fingerprint density at radius 2 is 2.12 bits per heavy atom. The van der Waals surface area contributed by atoms with Gasteiger partial charge in [0.25, 0.3) is 0 Å². The summed E-state index contributed by atoms with van der Waals surface area (Å²) >= 11 is 0. The summed E-state index contributed by atoms with van der Waals surface area (Å²) < 4.78 is 0. The Hall–Kier alpha value is -1.70. The maximum Gasteiger partial charge on any atom is 1.00 e. The first-order valence-corrected chi connectivity index (χ1v) is 4.39. The summed E-state index contributed by atoms with van der Waals surface area (Å²) in [4.78, 5) is 21.9. The third-order valence-electron chi connectivity index (χ3n) is 2.12. The Morgan fingerprint density at radius 3 is 2.71 bits per heavy atom. The Bertz CT molecular complexity index is 581. The minimum Gasteiger partial charge on any atom is -0.478 e. The summed E-state index contributed by atoms with van der Waals surface area (Å²) in [6.07, 6.45) is -0.148. The topological polar surface area (TPSA) is 120 Å². The first-order valence-electron chi connectivity index (χ1n) is 4.39. The molecule has 0 unspecified atom stereocenters. The first-order chi connectivity index (χ1) is 7.59. The molecule has 0 saturated carbocycles. The van der Waals surface area contributed by atoms with Gasteiger partial charge in [-0.25, -0.2) is 4.79 Å². The molecule has 2 rings (SSSR count). The number of nitrogens with zero attached hydrogens (tertiary/aromatic N) is 3. The van der Waals surface area contributed by atoms with E-state index in [4.69, 9.17) is 10.8 Å². The van der Waals surface area contributed by atoms with Crippen molar-refractivity contribution < 1.29 is 37.1 Å². The van der Waals surface area contributed by atoms with Crippen molar-refractivity contribution in [2.45, 2.75) is 6.42 Å². The number of hydrogen-bond donors (Lipinski definition) is 2. The number of benzene rings is 1. The SMILES string of the molecule is NC(=O)Cc1ccc2[n-]nnc2c1C(=O)O.[Ag+]. The van der Waals surface area contributed by atoms with E-state index in [0.29, 0.717) is 11.1 Å². The van der Waals surface area contributed by atoms with E-state index in [2.05, 4.69) is 15.4 Å². The fraction of sp³-hybridized carbons (Fsp3) is 0.111. The summed E-state index contributed by atoms with van der Waals surface area (Å²) in [6, 6.07) is 3.05. The Labute approximate surface area is 111 Å². The number of carbonyl (C=O) groups is 2. The third-order valence-corrected chi connectivity index (χ3v) is 2.12. The molecule has 0 radical (unpaired) electrons. The number of carbonyl (C=O) groups excluding carboxylic acids is 1. The molecule has 8 heteroatoms. The van der Waals surface area contributed by atoms with E-state index in [1.165, 1.54) is 6.07 Å². The zero-order valence-corrected chi connectivity index (χ0v) is 9.83. The van der Waals surface area contributed by atoms with E-state index in [-0.39, 0.29) is 39.9 Å². The summed E-state index contributed by atoms with van der Waals surface area (Å²) in [5.41, 5.74) is 5.83. The smallest absolute Gasteiger partial charge is 0.478 e. The normalized spacial score (nSPS) is 9.88. The van der Waals surface area contributed by atoms with Gasteiger partial charge in [-0.3, -0.25) is 10.0 Å². The minimum absolute atomic E-state index is 0. The molecule has 92 valence electrons. The molecule has 0 fully saturated rings. The van der Waals surface area contributed by atoms with Crippen LogP contribution in [0.3, 0.4) is 0 Å². The van der Waals surface area contributed by atoms with Crippen molar-refractivity contribution >= 4 is 22.9 Å². The van der Waals surface area contributed by atoms with Gasteiger partial charge in [0.2, 0.25) is 5.91 Å². The van der Waals surface area contributed by atoms with Gasteiger partial charge in [0.15, 0.2) is 0 Å². The van der Waals surface area contributed by atoms with Gasteiger partial charge in [0.05, 0.1) is 12.0 Å². The second kappa shape index (κ2) is 5.09. The number of aromatic nitrogens is 3. The molecule has 17 heavy (non-hydrogen) atoms. The predicted octanol–water partition coefficient (Wildman–Crippen LogP) is -0.690.